The first kappa shape index (κ1) is 22.6. The standard InChI is InChI=1S/C21H26N6O3S2/c1-14-6-7-16(32(29,30)26(2)3)11-17(14)23-21-25-24-19(13-31-21)15-10-18(22-12-15)20(28)27-8-4-5-9-27/h6-7,10-12,22H,4-5,8-9,13H2,1-3H3,(H,23,25). The van der Waals surface area contributed by atoms with E-state index in [4.69, 9.17) is 0 Å². The van der Waals surface area contributed by atoms with Crippen LogP contribution in [-0.2, 0) is 10.0 Å². The smallest absolute Gasteiger partial charge is 0.270 e. The zero-order valence-corrected chi connectivity index (χ0v) is 19.9. The number of aromatic nitrogens is 1. The van der Waals surface area contributed by atoms with Crippen LogP contribution >= 0.6 is 11.8 Å². The Labute approximate surface area is 192 Å². The van der Waals surface area contributed by atoms with E-state index in [2.05, 4.69) is 20.5 Å². The Kier molecular flexibility index (Phi) is 6.40. The van der Waals surface area contributed by atoms with E-state index in [0.717, 1.165) is 42.8 Å². The molecule has 170 valence electrons. The number of sulfonamides is 1. The number of aliphatic imine (C=N–C) groups is 1. The molecule has 1 saturated heterocycles. The van der Waals surface area contributed by atoms with E-state index in [1.54, 1.807) is 24.4 Å². The summed E-state index contributed by atoms with van der Waals surface area (Å²) in [6.45, 7) is 3.50. The van der Waals surface area contributed by atoms with E-state index in [0.29, 0.717) is 22.3 Å². The Balaban J connectivity index is 1.50. The van der Waals surface area contributed by atoms with E-state index >= 15 is 0 Å². The summed E-state index contributed by atoms with van der Waals surface area (Å²) in [7, 11) is -0.537. The highest BCUT2D eigenvalue weighted by atomic mass is 32.2. The molecule has 32 heavy (non-hydrogen) atoms. The van der Waals surface area contributed by atoms with Crippen LogP contribution in [0.2, 0.25) is 0 Å². The fourth-order valence-corrected chi connectivity index (χ4v) is 5.19. The topological polar surface area (TPSA) is 110 Å². The minimum Gasteiger partial charge on any atom is -0.357 e. The molecule has 0 unspecified atom stereocenters. The number of nitrogens with zero attached hydrogens (tertiary/aromatic N) is 4. The molecule has 1 fully saturated rings. The van der Waals surface area contributed by atoms with Gasteiger partial charge in [-0.25, -0.2) is 17.7 Å². The van der Waals surface area contributed by atoms with Crippen molar-refractivity contribution < 1.29 is 13.2 Å². The Morgan fingerprint density at radius 3 is 2.62 bits per heavy atom. The van der Waals surface area contributed by atoms with Gasteiger partial charge < -0.3 is 9.88 Å². The van der Waals surface area contributed by atoms with Crippen molar-refractivity contribution in [3.8, 4) is 0 Å². The van der Waals surface area contributed by atoms with Gasteiger partial charge >= 0.3 is 0 Å². The van der Waals surface area contributed by atoms with Crippen molar-refractivity contribution in [2.24, 2.45) is 10.1 Å². The number of hydrogen-bond acceptors (Lipinski definition) is 6. The fraction of sp³-hybridized carbons (Fsp3) is 0.381. The third kappa shape index (κ3) is 4.59. The van der Waals surface area contributed by atoms with Crippen molar-refractivity contribution in [1.82, 2.24) is 19.6 Å². The first-order valence-corrected chi connectivity index (χ1v) is 12.7. The summed E-state index contributed by atoms with van der Waals surface area (Å²) >= 11 is 1.47. The summed E-state index contributed by atoms with van der Waals surface area (Å²) in [6, 6.07) is 6.74. The van der Waals surface area contributed by atoms with Crippen molar-refractivity contribution in [3.05, 3.63) is 47.3 Å². The molecule has 2 aliphatic rings. The lowest BCUT2D eigenvalue weighted by molar-refractivity contribution is 0.0787. The molecule has 2 N–H and O–H groups in total. The highest BCUT2D eigenvalue weighted by Gasteiger charge is 2.23. The van der Waals surface area contributed by atoms with Crippen LogP contribution in [0.4, 0.5) is 5.69 Å². The number of carbonyl (C=O) groups excluding carboxylic acids is 1. The van der Waals surface area contributed by atoms with Gasteiger partial charge in [-0.05, 0) is 43.5 Å². The van der Waals surface area contributed by atoms with Crippen LogP contribution in [0.5, 0.6) is 0 Å². The molecular formula is C21H26N6O3S2. The number of carbonyl (C=O) groups is 1. The number of amidine groups is 1. The summed E-state index contributed by atoms with van der Waals surface area (Å²) < 4.78 is 26.0. The molecule has 1 amide bonds. The van der Waals surface area contributed by atoms with Crippen LogP contribution in [0.1, 0.15) is 34.5 Å². The van der Waals surface area contributed by atoms with Gasteiger partial charge in [0.2, 0.25) is 10.0 Å². The maximum absolute atomic E-state index is 12.5. The summed E-state index contributed by atoms with van der Waals surface area (Å²) in [4.78, 5) is 22.2. The lowest BCUT2D eigenvalue weighted by Gasteiger charge is -2.15. The van der Waals surface area contributed by atoms with Crippen LogP contribution in [0.25, 0.3) is 0 Å². The summed E-state index contributed by atoms with van der Waals surface area (Å²) in [6.07, 6.45) is 3.91. The van der Waals surface area contributed by atoms with E-state index in [1.165, 1.54) is 30.2 Å². The van der Waals surface area contributed by atoms with Crippen LogP contribution in [0, 0.1) is 6.92 Å². The summed E-state index contributed by atoms with van der Waals surface area (Å²) in [5, 5.41) is 5.00. The highest BCUT2D eigenvalue weighted by molar-refractivity contribution is 8.14. The first-order chi connectivity index (χ1) is 15.3. The molecule has 3 heterocycles. The minimum atomic E-state index is -3.54. The number of rotatable bonds is 5. The molecular weight excluding hydrogens is 448 g/mol. The maximum Gasteiger partial charge on any atom is 0.270 e. The van der Waals surface area contributed by atoms with Gasteiger partial charge in [-0.3, -0.25) is 10.2 Å². The number of nitrogens with one attached hydrogen (secondary N) is 2. The Hall–Kier alpha value is -2.63. The first-order valence-electron chi connectivity index (χ1n) is 10.3. The van der Waals surface area contributed by atoms with Crippen LogP contribution in [0.3, 0.4) is 0 Å². The van der Waals surface area contributed by atoms with E-state index in [9.17, 15) is 13.2 Å². The normalized spacial score (nSPS) is 18.2. The molecule has 11 heteroatoms. The number of aromatic amines is 1. The number of thioether (sulfide) groups is 1. The number of likely N-dealkylation sites (tertiary alicyclic amines) is 1. The van der Waals surface area contributed by atoms with Crippen LogP contribution in [0.15, 0.2) is 45.5 Å². The second-order valence-electron chi connectivity index (χ2n) is 7.91. The van der Waals surface area contributed by atoms with Crippen molar-refractivity contribution in [1.29, 1.82) is 0 Å². The zero-order valence-electron chi connectivity index (χ0n) is 18.3. The molecule has 0 aliphatic carbocycles. The molecule has 0 radical (unpaired) electrons. The quantitative estimate of drug-likeness (QED) is 0.692. The van der Waals surface area contributed by atoms with Gasteiger partial charge in [-0.1, -0.05) is 17.8 Å². The van der Waals surface area contributed by atoms with Gasteiger partial charge in [0.25, 0.3) is 5.91 Å². The second kappa shape index (κ2) is 9.08. The second-order valence-corrected chi connectivity index (χ2v) is 11.0. The molecule has 4 rings (SSSR count). The van der Waals surface area contributed by atoms with Crippen LogP contribution in [-0.4, -0.2) is 72.3 Å². The van der Waals surface area contributed by atoms with E-state index in [1.807, 2.05) is 17.9 Å². The molecule has 1 aromatic carbocycles. The van der Waals surface area contributed by atoms with Gasteiger partial charge in [0.1, 0.15) is 5.69 Å². The van der Waals surface area contributed by atoms with Gasteiger partial charge in [-0.2, -0.15) is 5.10 Å². The fourth-order valence-electron chi connectivity index (χ4n) is 3.49. The number of benzene rings is 1. The molecule has 0 bridgehead atoms. The average Bonchev–Trinajstić information content (AvgIpc) is 3.48. The predicted octanol–water partition coefficient (Wildman–Crippen LogP) is 2.54. The van der Waals surface area contributed by atoms with Crippen molar-refractivity contribution in [3.63, 3.8) is 0 Å². The SMILES string of the molecule is Cc1ccc(S(=O)(=O)N(C)C)cc1N=C1NN=C(c2c[nH]c(C(=O)N3CCCC3)c2)CS1. The summed E-state index contributed by atoms with van der Waals surface area (Å²) in [5.74, 6) is 0.603. The molecule has 2 aromatic rings. The van der Waals surface area contributed by atoms with Crippen molar-refractivity contribution in [2.75, 3.05) is 32.9 Å². The number of aryl methyl sites for hydroxylation is 1. The molecule has 0 atom stereocenters. The number of amides is 1. The van der Waals surface area contributed by atoms with Crippen LogP contribution < -0.4 is 5.43 Å². The van der Waals surface area contributed by atoms with Gasteiger partial charge in [0.05, 0.1) is 16.3 Å². The molecule has 9 nitrogen and oxygen atoms in total. The van der Waals surface area contributed by atoms with Gasteiger partial charge in [0.15, 0.2) is 5.17 Å². The third-order valence-electron chi connectivity index (χ3n) is 5.45. The van der Waals surface area contributed by atoms with E-state index in [-0.39, 0.29) is 10.8 Å². The maximum atomic E-state index is 12.5. The molecule has 0 saturated carbocycles. The largest absolute Gasteiger partial charge is 0.357 e. The number of hydrazone groups is 1. The lowest BCUT2D eigenvalue weighted by atomic mass is 10.2. The summed E-state index contributed by atoms with van der Waals surface area (Å²) in [5.41, 5.74) is 6.63. The zero-order chi connectivity index (χ0) is 22.9. The van der Waals surface area contributed by atoms with Crippen molar-refractivity contribution >= 4 is 44.3 Å². The monoisotopic (exact) mass is 474 g/mol. The van der Waals surface area contributed by atoms with Gasteiger partial charge in [-0.15, -0.1) is 0 Å². The third-order valence-corrected chi connectivity index (χ3v) is 8.14. The van der Waals surface area contributed by atoms with E-state index < -0.39 is 10.0 Å². The lowest BCUT2D eigenvalue weighted by Crippen LogP contribution is -2.28. The Morgan fingerprint density at radius 1 is 1.22 bits per heavy atom. The Bertz CT molecular complexity index is 1190. The molecule has 0 spiro atoms. The predicted molar refractivity (Wildman–Crippen MR) is 127 cm³/mol. The number of hydrogen-bond donors (Lipinski definition) is 2. The molecule has 2 aliphatic heterocycles. The minimum absolute atomic E-state index is 0.0241. The van der Waals surface area contributed by atoms with Gasteiger partial charge in [0, 0.05) is 44.7 Å². The van der Waals surface area contributed by atoms with Crippen molar-refractivity contribution in [2.45, 2.75) is 24.7 Å². The average molecular weight is 475 g/mol. The molecule has 1 aromatic heterocycles. The highest BCUT2D eigenvalue weighted by Crippen LogP contribution is 2.26. The Morgan fingerprint density at radius 2 is 1.97 bits per heavy atom. The number of H-pyrrole nitrogens is 1.